The Balaban J connectivity index is 0.000000195. The lowest BCUT2D eigenvalue weighted by Gasteiger charge is -2.33. The third-order valence-corrected chi connectivity index (χ3v) is 18.3. The van der Waals surface area contributed by atoms with E-state index in [4.69, 9.17) is 24.2 Å². The third kappa shape index (κ3) is 10.9. The van der Waals surface area contributed by atoms with Crippen molar-refractivity contribution in [2.24, 2.45) is 0 Å². The van der Waals surface area contributed by atoms with Gasteiger partial charge in [0.15, 0.2) is 21.8 Å². The molecule has 0 spiro atoms. The van der Waals surface area contributed by atoms with Crippen molar-refractivity contribution < 1.29 is 31.0 Å². The number of alkyl halides is 2. The normalized spacial score (nSPS) is 15.1. The van der Waals surface area contributed by atoms with Gasteiger partial charge in [-0.25, -0.2) is 26.8 Å². The number of anilines is 2. The van der Waals surface area contributed by atoms with Crippen LogP contribution < -0.4 is 24.0 Å². The highest BCUT2D eigenvalue weighted by Crippen LogP contribution is 2.42. The van der Waals surface area contributed by atoms with Crippen LogP contribution in [0.5, 0.6) is 17.2 Å². The Kier molecular flexibility index (Phi) is 16.0. The molecule has 4 aromatic carbocycles. The van der Waals surface area contributed by atoms with E-state index < -0.39 is 20.0 Å². The van der Waals surface area contributed by atoms with Crippen LogP contribution in [-0.4, -0.2) is 109 Å². The molecule has 4 heterocycles. The first-order valence-corrected chi connectivity index (χ1v) is 27.7. The Morgan fingerprint density at radius 3 is 1.35 bits per heavy atom. The Hall–Kier alpha value is -4.08. The molecule has 19 heteroatoms. The zero-order valence-electron chi connectivity index (χ0n) is 37.1. The molecule has 2 aromatic heterocycles. The molecule has 0 radical (unpaired) electrons. The summed E-state index contributed by atoms with van der Waals surface area (Å²) in [6.45, 7) is 10.5. The van der Waals surface area contributed by atoms with Gasteiger partial charge >= 0.3 is 0 Å². The fourth-order valence-corrected chi connectivity index (χ4v) is 13.3. The van der Waals surface area contributed by atoms with Crippen molar-refractivity contribution in [3.8, 4) is 39.8 Å². The fourth-order valence-electron chi connectivity index (χ4n) is 7.92. The molecule has 2 fully saturated rings. The highest BCUT2D eigenvalue weighted by Gasteiger charge is 2.31. The van der Waals surface area contributed by atoms with Crippen LogP contribution in [0.15, 0.2) is 93.3 Å². The minimum Gasteiger partial charge on any atom is -0.493 e. The van der Waals surface area contributed by atoms with Crippen LogP contribution in [0.1, 0.15) is 27.8 Å². The molecule has 0 unspecified atom stereocenters. The number of halogens is 2. The summed E-state index contributed by atoms with van der Waals surface area (Å²) in [5.41, 5.74) is 9.66. The summed E-state index contributed by atoms with van der Waals surface area (Å²) in [5.74, 6) is 1.66. The molecule has 2 aliphatic heterocycles. The van der Waals surface area contributed by atoms with E-state index in [-0.39, 0.29) is 0 Å². The number of aromatic nitrogens is 2. The molecule has 0 amide bonds. The predicted octanol–water partition coefficient (Wildman–Crippen LogP) is 9.38. The lowest BCUT2D eigenvalue weighted by atomic mass is 9.98. The van der Waals surface area contributed by atoms with Crippen molar-refractivity contribution in [3.05, 3.63) is 111 Å². The Morgan fingerprint density at radius 2 is 0.969 bits per heavy atom. The van der Waals surface area contributed by atoms with Gasteiger partial charge in [-0.1, -0.05) is 73.8 Å². The van der Waals surface area contributed by atoms with Crippen LogP contribution in [0.25, 0.3) is 22.5 Å². The summed E-state index contributed by atoms with van der Waals surface area (Å²) < 4.78 is 71.5. The maximum absolute atomic E-state index is 13.0. The van der Waals surface area contributed by atoms with Gasteiger partial charge < -0.3 is 24.0 Å². The number of benzene rings is 4. The Bertz CT molecular complexity index is 2760. The van der Waals surface area contributed by atoms with E-state index in [0.29, 0.717) is 90.1 Å². The molecule has 65 heavy (non-hydrogen) atoms. The predicted molar refractivity (Wildman–Crippen MR) is 269 cm³/mol. The summed E-state index contributed by atoms with van der Waals surface area (Å²) in [5, 5.41) is 7.29. The number of aryl methyl sites for hydroxylation is 3. The van der Waals surface area contributed by atoms with Crippen LogP contribution in [0, 0.1) is 20.8 Å². The van der Waals surface area contributed by atoms with Crippen LogP contribution in [0.3, 0.4) is 0 Å². The summed E-state index contributed by atoms with van der Waals surface area (Å²) in [6, 6.07) is 22.2. The molecule has 8 rings (SSSR count). The topological polar surface area (TPSA) is 135 Å². The maximum atomic E-state index is 13.0. The van der Waals surface area contributed by atoms with Gasteiger partial charge in [-0.2, -0.15) is 8.61 Å². The molecule has 0 bridgehead atoms. The van der Waals surface area contributed by atoms with Gasteiger partial charge in [0.25, 0.3) is 0 Å². The first-order valence-electron chi connectivity index (χ1n) is 20.8. The average molecular weight is 1090 g/mol. The first kappa shape index (κ1) is 48.8. The number of methoxy groups -OCH3 is 3. The van der Waals surface area contributed by atoms with Gasteiger partial charge in [0.05, 0.1) is 42.5 Å². The second kappa shape index (κ2) is 21.3. The van der Waals surface area contributed by atoms with Crippen LogP contribution >= 0.6 is 54.5 Å². The highest BCUT2D eigenvalue weighted by molar-refractivity contribution is 9.08. The van der Waals surface area contributed by atoms with Crippen LogP contribution in [0.2, 0.25) is 0 Å². The van der Waals surface area contributed by atoms with Crippen molar-refractivity contribution >= 4 is 84.8 Å². The molecule has 2 aliphatic rings. The van der Waals surface area contributed by atoms with Gasteiger partial charge in [-0.15, -0.1) is 22.7 Å². The minimum absolute atomic E-state index is 0.324. The molecular weight excluding hydrogens is 1040 g/mol. The summed E-state index contributed by atoms with van der Waals surface area (Å²) >= 11 is 9.93. The van der Waals surface area contributed by atoms with Crippen molar-refractivity contribution in [1.29, 1.82) is 0 Å². The zero-order valence-corrected chi connectivity index (χ0v) is 43.5. The van der Waals surface area contributed by atoms with Crippen molar-refractivity contribution in [1.82, 2.24) is 18.6 Å². The summed E-state index contributed by atoms with van der Waals surface area (Å²) in [4.78, 5) is 14.7. The SMILES string of the molecule is COc1cc(-c2csc(N3CCN(S(=O)(=O)c4ccc(CBr)cc4)CC3)n2)cc(OC)c1OC.Cc1cc(C)c(-c2csc(N3CCN(S(=O)(=O)c4ccc(CBr)cc4)CC3)n2)c(C)c1. The van der Waals surface area contributed by atoms with E-state index in [0.717, 1.165) is 38.3 Å². The van der Waals surface area contributed by atoms with Crippen LogP contribution in [0.4, 0.5) is 10.3 Å². The maximum Gasteiger partial charge on any atom is 0.243 e. The standard InChI is InChI=1S/C23H26BrN3O5S2.C23H26BrN3O2S2/c1-30-20-12-17(13-21(31-2)22(20)32-3)19-15-33-23(25-19)26-8-10-27(11-9-26)34(28,29)18-6-4-16(14-24)5-7-18;1-16-12-17(2)22(18(3)13-16)21-15-30-23(25-21)26-8-10-27(11-9-26)31(28,29)20-6-4-19(14-24)5-7-20/h4-7,12-13,15H,8-11,14H2,1-3H3;4-7,12-13,15H,8-11,14H2,1-3H3. The zero-order chi connectivity index (χ0) is 46.5. The van der Waals surface area contributed by atoms with E-state index in [2.05, 4.69) is 79.9 Å². The quantitative estimate of drug-likeness (QED) is 0.102. The average Bonchev–Trinajstić information content (AvgIpc) is 4.03. The monoisotopic (exact) mass is 1090 g/mol. The lowest BCUT2D eigenvalue weighted by molar-refractivity contribution is 0.324. The van der Waals surface area contributed by atoms with Crippen molar-refractivity contribution in [2.75, 3.05) is 83.5 Å². The Labute approximate surface area is 407 Å². The number of sulfonamides is 2. The second-order valence-electron chi connectivity index (χ2n) is 15.6. The van der Waals surface area contributed by atoms with Gasteiger partial charge in [-0.05, 0) is 79.4 Å². The summed E-state index contributed by atoms with van der Waals surface area (Å²) in [7, 11) is -2.26. The molecule has 0 aliphatic carbocycles. The molecular formula is C46H52Br2N6O7S4. The third-order valence-electron chi connectivity index (χ3n) is 11.3. The number of piperazine rings is 2. The van der Waals surface area contributed by atoms with E-state index in [9.17, 15) is 16.8 Å². The number of thiazole rings is 2. The smallest absolute Gasteiger partial charge is 0.243 e. The van der Waals surface area contributed by atoms with E-state index in [1.165, 1.54) is 33.6 Å². The van der Waals surface area contributed by atoms with Crippen molar-refractivity contribution in [2.45, 2.75) is 41.2 Å². The number of hydrogen-bond donors (Lipinski definition) is 0. The minimum atomic E-state index is -3.52. The lowest BCUT2D eigenvalue weighted by Crippen LogP contribution is -2.48. The number of ether oxygens (including phenoxy) is 3. The highest BCUT2D eigenvalue weighted by atomic mass is 79.9. The van der Waals surface area contributed by atoms with E-state index in [1.807, 2.05) is 41.8 Å². The summed E-state index contributed by atoms with van der Waals surface area (Å²) in [6.07, 6.45) is 0. The fraction of sp³-hybridized carbons (Fsp3) is 0.348. The van der Waals surface area contributed by atoms with Gasteiger partial charge in [-0.3, -0.25) is 0 Å². The largest absolute Gasteiger partial charge is 0.493 e. The number of nitrogens with zero attached hydrogens (tertiary/aromatic N) is 6. The molecule has 346 valence electrons. The molecule has 6 aromatic rings. The molecule has 0 atom stereocenters. The second-order valence-corrected chi connectivity index (χ2v) is 22.2. The van der Waals surface area contributed by atoms with Crippen LogP contribution in [-0.2, 0) is 30.7 Å². The molecule has 0 N–H and O–H groups in total. The number of rotatable bonds is 13. The molecule has 0 saturated carbocycles. The first-order chi connectivity index (χ1) is 31.2. The van der Waals surface area contributed by atoms with E-state index in [1.54, 1.807) is 65.5 Å². The van der Waals surface area contributed by atoms with Crippen molar-refractivity contribution in [3.63, 3.8) is 0 Å². The Morgan fingerprint density at radius 1 is 0.569 bits per heavy atom. The van der Waals surface area contributed by atoms with Gasteiger partial charge in [0.2, 0.25) is 25.8 Å². The number of hydrogen-bond acceptors (Lipinski definition) is 13. The van der Waals surface area contributed by atoms with Gasteiger partial charge in [0, 0.05) is 84.9 Å². The van der Waals surface area contributed by atoms with E-state index >= 15 is 0 Å². The molecule has 13 nitrogen and oxygen atoms in total. The molecule has 2 saturated heterocycles. The van der Waals surface area contributed by atoms with Gasteiger partial charge in [0.1, 0.15) is 0 Å².